The van der Waals surface area contributed by atoms with E-state index in [0.717, 1.165) is 21.8 Å². The number of hydrogen-bond donors (Lipinski definition) is 1. The average Bonchev–Trinajstić information content (AvgIpc) is 2.79. The Balaban J connectivity index is 1.57. The van der Waals surface area contributed by atoms with Crippen molar-refractivity contribution in [3.05, 3.63) is 71.8 Å². The maximum Gasteiger partial charge on any atom is 0.203 e. The van der Waals surface area contributed by atoms with Crippen LogP contribution in [-0.2, 0) is 0 Å². The van der Waals surface area contributed by atoms with Gasteiger partial charge in [0.05, 0.1) is 32.7 Å². The maximum atomic E-state index is 12.8. The summed E-state index contributed by atoms with van der Waals surface area (Å²) in [4.78, 5) is 15.0. The van der Waals surface area contributed by atoms with Crippen LogP contribution in [0.2, 0.25) is 0 Å². The van der Waals surface area contributed by atoms with Gasteiger partial charge in [-0.1, -0.05) is 30.0 Å². The summed E-state index contributed by atoms with van der Waals surface area (Å²) in [6, 6.07) is 17.4. The lowest BCUT2D eigenvalue weighted by atomic mass is 10.1. The molecule has 3 aromatic carbocycles. The van der Waals surface area contributed by atoms with Crippen molar-refractivity contribution >= 4 is 35.0 Å². The average molecular weight is 420 g/mol. The van der Waals surface area contributed by atoms with Gasteiger partial charge in [-0.25, -0.2) is 0 Å². The third-order valence-electron chi connectivity index (χ3n) is 4.75. The molecule has 1 heterocycles. The number of allylic oxidation sites excluding steroid dienone is 1. The quantitative estimate of drug-likeness (QED) is 0.314. The number of anilines is 2. The summed E-state index contributed by atoms with van der Waals surface area (Å²) in [5, 5.41) is 3.41. The zero-order valence-electron chi connectivity index (χ0n) is 16.9. The van der Waals surface area contributed by atoms with Crippen molar-refractivity contribution in [3.8, 4) is 17.2 Å². The molecule has 6 heteroatoms. The number of hydrogen-bond acceptors (Lipinski definition) is 6. The summed E-state index contributed by atoms with van der Waals surface area (Å²) >= 11 is 1.69. The first-order chi connectivity index (χ1) is 14.6. The zero-order chi connectivity index (χ0) is 21.1. The van der Waals surface area contributed by atoms with E-state index in [9.17, 15) is 4.79 Å². The van der Waals surface area contributed by atoms with Crippen LogP contribution in [0.3, 0.4) is 0 Å². The Bertz CT molecular complexity index is 1110. The number of carbonyl (C=O) groups excluding carboxylic acids is 1. The first-order valence-corrected chi connectivity index (χ1v) is 10.1. The Morgan fingerprint density at radius 2 is 1.57 bits per heavy atom. The fourth-order valence-electron chi connectivity index (χ4n) is 3.26. The highest BCUT2D eigenvalue weighted by Gasteiger charge is 2.17. The summed E-state index contributed by atoms with van der Waals surface area (Å²) in [6.45, 7) is 0. The van der Waals surface area contributed by atoms with Crippen LogP contribution in [0.25, 0.3) is 6.08 Å². The molecule has 5 nitrogen and oxygen atoms in total. The molecule has 0 unspecified atom stereocenters. The van der Waals surface area contributed by atoms with Crippen molar-refractivity contribution in [2.75, 3.05) is 26.6 Å². The van der Waals surface area contributed by atoms with E-state index in [4.69, 9.17) is 14.2 Å². The number of ether oxygens (including phenoxy) is 3. The Morgan fingerprint density at radius 1 is 0.867 bits per heavy atom. The molecular weight excluding hydrogens is 398 g/mol. The first kappa shape index (κ1) is 19.9. The number of rotatable bonds is 6. The lowest BCUT2D eigenvalue weighted by Crippen LogP contribution is -2.02. The monoisotopic (exact) mass is 419 g/mol. The number of methoxy groups -OCH3 is 3. The minimum atomic E-state index is -0.0859. The van der Waals surface area contributed by atoms with Gasteiger partial charge in [-0.05, 0) is 54.1 Å². The van der Waals surface area contributed by atoms with E-state index in [1.54, 1.807) is 57.4 Å². The maximum absolute atomic E-state index is 12.8. The van der Waals surface area contributed by atoms with Crippen LogP contribution in [0, 0.1) is 0 Å². The molecule has 152 valence electrons. The second-order valence-corrected chi connectivity index (χ2v) is 7.67. The van der Waals surface area contributed by atoms with E-state index in [2.05, 4.69) is 11.4 Å². The van der Waals surface area contributed by atoms with Crippen LogP contribution in [0.15, 0.2) is 70.5 Å². The minimum Gasteiger partial charge on any atom is -0.493 e. The van der Waals surface area contributed by atoms with Gasteiger partial charge in [-0.2, -0.15) is 0 Å². The van der Waals surface area contributed by atoms with E-state index < -0.39 is 0 Å². The van der Waals surface area contributed by atoms with Crippen molar-refractivity contribution in [1.29, 1.82) is 0 Å². The van der Waals surface area contributed by atoms with E-state index in [0.29, 0.717) is 22.8 Å². The topological polar surface area (TPSA) is 56.8 Å². The lowest BCUT2D eigenvalue weighted by Gasteiger charge is -2.20. The Labute approximate surface area is 179 Å². The normalized spacial score (nSPS) is 12.0. The van der Waals surface area contributed by atoms with Crippen molar-refractivity contribution < 1.29 is 19.0 Å². The summed E-state index contributed by atoms with van der Waals surface area (Å²) in [6.07, 6.45) is 3.29. The predicted molar refractivity (Wildman–Crippen MR) is 120 cm³/mol. The van der Waals surface area contributed by atoms with E-state index >= 15 is 0 Å². The summed E-state index contributed by atoms with van der Waals surface area (Å²) in [7, 11) is 4.68. The van der Waals surface area contributed by atoms with Crippen LogP contribution >= 0.6 is 11.8 Å². The fraction of sp³-hybridized carbons (Fsp3) is 0.125. The molecule has 0 aliphatic carbocycles. The molecule has 0 saturated carbocycles. The molecule has 3 aromatic rings. The number of nitrogens with one attached hydrogen (secondary N) is 1. The van der Waals surface area contributed by atoms with Crippen molar-refractivity contribution in [2.45, 2.75) is 9.79 Å². The molecule has 30 heavy (non-hydrogen) atoms. The van der Waals surface area contributed by atoms with Gasteiger partial charge in [0.25, 0.3) is 0 Å². The standard InChI is InChI=1S/C24H21NO4S/c1-27-20-12-15(13-21(28-2)24(20)29-3)8-10-19(26)16-9-11-23-18(14-16)25-17-6-4-5-7-22(17)30-23/h4-14,25H,1-3H3/b10-8+. The molecule has 0 bridgehead atoms. The molecule has 1 aliphatic rings. The largest absolute Gasteiger partial charge is 0.493 e. The number of ketones is 1. The molecular formula is C24H21NO4S. The third kappa shape index (κ3) is 3.86. The molecule has 1 N–H and O–H groups in total. The molecule has 0 fully saturated rings. The molecule has 0 amide bonds. The van der Waals surface area contributed by atoms with Gasteiger partial charge < -0.3 is 19.5 Å². The van der Waals surface area contributed by atoms with Crippen LogP contribution in [0.4, 0.5) is 11.4 Å². The van der Waals surface area contributed by atoms with Crippen LogP contribution in [-0.4, -0.2) is 27.1 Å². The highest BCUT2D eigenvalue weighted by atomic mass is 32.2. The second kappa shape index (κ2) is 8.55. The molecule has 0 saturated heterocycles. The Morgan fingerprint density at radius 3 is 2.27 bits per heavy atom. The molecule has 4 rings (SSSR count). The third-order valence-corrected chi connectivity index (χ3v) is 5.91. The van der Waals surface area contributed by atoms with Gasteiger partial charge in [0.15, 0.2) is 17.3 Å². The van der Waals surface area contributed by atoms with Gasteiger partial charge >= 0.3 is 0 Å². The molecule has 0 radical (unpaired) electrons. The number of benzene rings is 3. The van der Waals surface area contributed by atoms with E-state index in [1.807, 2.05) is 36.4 Å². The number of para-hydroxylation sites is 1. The Kier molecular flexibility index (Phi) is 5.68. The minimum absolute atomic E-state index is 0.0859. The van der Waals surface area contributed by atoms with Gasteiger partial charge in [-0.15, -0.1) is 0 Å². The van der Waals surface area contributed by atoms with E-state index in [-0.39, 0.29) is 5.78 Å². The van der Waals surface area contributed by atoms with Crippen molar-refractivity contribution in [1.82, 2.24) is 0 Å². The highest BCUT2D eigenvalue weighted by molar-refractivity contribution is 7.99. The fourth-order valence-corrected chi connectivity index (χ4v) is 4.23. The van der Waals surface area contributed by atoms with Gasteiger partial charge in [0, 0.05) is 15.4 Å². The van der Waals surface area contributed by atoms with E-state index in [1.165, 1.54) is 4.90 Å². The number of carbonyl (C=O) groups is 1. The van der Waals surface area contributed by atoms with Crippen molar-refractivity contribution in [3.63, 3.8) is 0 Å². The van der Waals surface area contributed by atoms with Crippen LogP contribution in [0.5, 0.6) is 17.2 Å². The van der Waals surface area contributed by atoms with Crippen molar-refractivity contribution in [2.24, 2.45) is 0 Å². The summed E-state index contributed by atoms with van der Waals surface area (Å²) in [5.41, 5.74) is 3.38. The van der Waals surface area contributed by atoms with Crippen LogP contribution in [0.1, 0.15) is 15.9 Å². The highest BCUT2D eigenvalue weighted by Crippen LogP contribution is 2.44. The smallest absolute Gasteiger partial charge is 0.203 e. The number of fused-ring (bicyclic) bond motifs is 2. The molecule has 0 atom stereocenters. The molecule has 0 spiro atoms. The SMILES string of the molecule is COc1cc(/C=C/C(=O)c2ccc3c(c2)Nc2ccccc2S3)cc(OC)c1OC. The summed E-state index contributed by atoms with van der Waals surface area (Å²) in [5.74, 6) is 1.51. The Hall–Kier alpha value is -3.38. The summed E-state index contributed by atoms with van der Waals surface area (Å²) < 4.78 is 16.1. The second-order valence-electron chi connectivity index (χ2n) is 6.59. The zero-order valence-corrected chi connectivity index (χ0v) is 17.7. The van der Waals surface area contributed by atoms with Crippen LogP contribution < -0.4 is 19.5 Å². The van der Waals surface area contributed by atoms with Gasteiger partial charge in [0.2, 0.25) is 5.75 Å². The lowest BCUT2D eigenvalue weighted by molar-refractivity contribution is 0.104. The van der Waals surface area contributed by atoms with Gasteiger partial charge in [0.1, 0.15) is 0 Å². The predicted octanol–water partition coefficient (Wildman–Crippen LogP) is 5.82. The first-order valence-electron chi connectivity index (χ1n) is 9.33. The molecule has 0 aromatic heterocycles. The van der Waals surface area contributed by atoms with Gasteiger partial charge in [-0.3, -0.25) is 4.79 Å². The molecule has 1 aliphatic heterocycles.